The third-order valence-electron chi connectivity index (χ3n) is 6.09. The van der Waals surface area contributed by atoms with E-state index < -0.39 is 54.0 Å². The summed E-state index contributed by atoms with van der Waals surface area (Å²) >= 11 is 0. The van der Waals surface area contributed by atoms with Gasteiger partial charge in [0.25, 0.3) is 0 Å². The van der Waals surface area contributed by atoms with Crippen molar-refractivity contribution in [3.63, 3.8) is 0 Å². The minimum absolute atomic E-state index is 0.118. The Kier molecular flexibility index (Phi) is 13.7. The highest BCUT2D eigenvalue weighted by atomic mass is 16.4. The van der Waals surface area contributed by atoms with Crippen molar-refractivity contribution in [1.29, 1.82) is 0 Å². The lowest BCUT2D eigenvalue weighted by Crippen LogP contribution is -2.59. The fourth-order valence-electron chi connectivity index (χ4n) is 3.52. The molecular formula is C25H41N5O6. The third kappa shape index (κ3) is 10.3. The summed E-state index contributed by atoms with van der Waals surface area (Å²) in [5.41, 5.74) is 12.1. The second-order valence-corrected chi connectivity index (χ2v) is 9.07. The molecule has 0 spiro atoms. The van der Waals surface area contributed by atoms with Gasteiger partial charge < -0.3 is 37.6 Å². The first-order chi connectivity index (χ1) is 17.0. The van der Waals surface area contributed by atoms with Gasteiger partial charge in [0.15, 0.2) is 0 Å². The molecule has 0 aromatic heterocycles. The highest BCUT2D eigenvalue weighted by molar-refractivity contribution is 5.94. The lowest BCUT2D eigenvalue weighted by molar-refractivity contribution is -0.144. The van der Waals surface area contributed by atoms with E-state index in [4.69, 9.17) is 11.5 Å². The summed E-state index contributed by atoms with van der Waals surface area (Å²) in [6.07, 6.45) is 0.900. The van der Waals surface area contributed by atoms with Gasteiger partial charge in [-0.1, -0.05) is 50.6 Å². The van der Waals surface area contributed by atoms with Crippen LogP contribution in [0.2, 0.25) is 0 Å². The summed E-state index contributed by atoms with van der Waals surface area (Å²) in [5.74, 6) is -3.45. The number of rotatable bonds is 16. The van der Waals surface area contributed by atoms with Crippen molar-refractivity contribution in [1.82, 2.24) is 16.0 Å². The van der Waals surface area contributed by atoms with E-state index in [1.165, 1.54) is 6.92 Å². The molecule has 0 aliphatic heterocycles. The van der Waals surface area contributed by atoms with Gasteiger partial charge in [-0.25, -0.2) is 4.79 Å². The van der Waals surface area contributed by atoms with Crippen LogP contribution in [0.25, 0.3) is 0 Å². The number of aliphatic hydroxyl groups excluding tert-OH is 1. The lowest BCUT2D eigenvalue weighted by atomic mass is 9.98. The van der Waals surface area contributed by atoms with E-state index in [0.717, 1.165) is 5.56 Å². The number of hydrogen-bond acceptors (Lipinski definition) is 7. The Labute approximate surface area is 212 Å². The van der Waals surface area contributed by atoms with Crippen molar-refractivity contribution in [2.75, 3.05) is 6.54 Å². The third-order valence-corrected chi connectivity index (χ3v) is 6.09. The molecule has 11 nitrogen and oxygen atoms in total. The lowest BCUT2D eigenvalue weighted by Gasteiger charge is -2.27. The number of amides is 3. The van der Waals surface area contributed by atoms with Crippen LogP contribution in [0.1, 0.15) is 52.0 Å². The molecular weight excluding hydrogens is 466 g/mol. The van der Waals surface area contributed by atoms with Crippen molar-refractivity contribution in [2.24, 2.45) is 17.4 Å². The number of unbranched alkanes of at least 4 members (excludes halogenated alkanes) is 1. The van der Waals surface area contributed by atoms with Gasteiger partial charge in [0.1, 0.15) is 24.2 Å². The van der Waals surface area contributed by atoms with Crippen LogP contribution in [0.3, 0.4) is 0 Å². The monoisotopic (exact) mass is 507 g/mol. The predicted octanol–water partition coefficient (Wildman–Crippen LogP) is -0.349. The fourth-order valence-corrected chi connectivity index (χ4v) is 3.52. The first kappa shape index (κ1) is 31.0. The highest BCUT2D eigenvalue weighted by Crippen LogP contribution is 2.11. The minimum atomic E-state index is -1.24. The quantitative estimate of drug-likeness (QED) is 0.147. The topological polar surface area (TPSA) is 197 Å². The Morgan fingerprint density at radius 2 is 1.50 bits per heavy atom. The summed E-state index contributed by atoms with van der Waals surface area (Å²) < 4.78 is 0. The van der Waals surface area contributed by atoms with Crippen molar-refractivity contribution >= 4 is 23.7 Å². The standard InChI is InChI=1S/C25H41N5O6/c1-4-15(2)21(25(35)36)30-22(32)18(12-8-9-13-26)28-23(33)19(14-17-10-6-5-7-11-17)29-24(34)20(27)16(3)31/h5-7,10-11,15-16,18-21,31H,4,8-9,12-14,26-27H2,1-3H3,(H,28,33)(H,29,34)(H,30,32)(H,35,36). The van der Waals surface area contributed by atoms with Crippen LogP contribution in [0.5, 0.6) is 0 Å². The zero-order valence-corrected chi connectivity index (χ0v) is 21.3. The molecule has 1 rings (SSSR count). The molecule has 0 saturated heterocycles. The van der Waals surface area contributed by atoms with E-state index in [2.05, 4.69) is 16.0 Å². The van der Waals surface area contributed by atoms with Gasteiger partial charge >= 0.3 is 5.97 Å². The second kappa shape index (κ2) is 15.9. The normalized spacial score (nSPS) is 16.1. The molecule has 11 heteroatoms. The number of hydrogen-bond donors (Lipinski definition) is 7. The Bertz CT molecular complexity index is 851. The summed E-state index contributed by atoms with van der Waals surface area (Å²) in [6.45, 7) is 5.31. The number of benzene rings is 1. The molecule has 9 N–H and O–H groups in total. The van der Waals surface area contributed by atoms with E-state index in [9.17, 15) is 29.4 Å². The average molecular weight is 508 g/mol. The zero-order chi connectivity index (χ0) is 27.3. The molecule has 0 heterocycles. The highest BCUT2D eigenvalue weighted by Gasteiger charge is 2.32. The van der Waals surface area contributed by atoms with E-state index >= 15 is 0 Å². The molecule has 0 aliphatic carbocycles. The summed E-state index contributed by atoms with van der Waals surface area (Å²) in [4.78, 5) is 50.5. The van der Waals surface area contributed by atoms with Crippen molar-refractivity contribution < 1.29 is 29.4 Å². The minimum Gasteiger partial charge on any atom is -0.480 e. The number of carbonyl (C=O) groups excluding carboxylic acids is 3. The van der Waals surface area contributed by atoms with E-state index in [1.807, 2.05) is 13.0 Å². The maximum absolute atomic E-state index is 13.3. The number of carboxylic acids is 1. The van der Waals surface area contributed by atoms with Gasteiger partial charge in [-0.2, -0.15) is 0 Å². The molecule has 0 fully saturated rings. The summed E-state index contributed by atoms with van der Waals surface area (Å²) in [5, 5.41) is 27.0. The van der Waals surface area contributed by atoms with Gasteiger partial charge in [0.05, 0.1) is 6.10 Å². The molecule has 1 aromatic rings. The maximum atomic E-state index is 13.3. The van der Waals surface area contributed by atoms with E-state index in [1.54, 1.807) is 31.2 Å². The van der Waals surface area contributed by atoms with Crippen LogP contribution in [0.15, 0.2) is 30.3 Å². The molecule has 6 atom stereocenters. The fraction of sp³-hybridized carbons (Fsp3) is 0.600. The number of aliphatic hydroxyl groups is 1. The Balaban J connectivity index is 3.12. The summed E-state index contributed by atoms with van der Waals surface area (Å²) in [7, 11) is 0. The SMILES string of the molecule is CCC(C)C(NC(=O)C(CCCCN)NC(=O)C(Cc1ccccc1)NC(=O)C(N)C(C)O)C(=O)O. The van der Waals surface area contributed by atoms with Crippen LogP contribution in [0, 0.1) is 5.92 Å². The molecule has 36 heavy (non-hydrogen) atoms. The molecule has 202 valence electrons. The molecule has 3 amide bonds. The summed E-state index contributed by atoms with van der Waals surface area (Å²) in [6, 6.07) is 4.50. The van der Waals surface area contributed by atoms with Gasteiger partial charge in [0, 0.05) is 6.42 Å². The molecule has 6 unspecified atom stereocenters. The Morgan fingerprint density at radius 1 is 0.917 bits per heavy atom. The zero-order valence-electron chi connectivity index (χ0n) is 21.3. The van der Waals surface area contributed by atoms with Crippen LogP contribution in [-0.2, 0) is 25.6 Å². The molecule has 0 radical (unpaired) electrons. The smallest absolute Gasteiger partial charge is 0.326 e. The predicted molar refractivity (Wildman–Crippen MR) is 136 cm³/mol. The largest absolute Gasteiger partial charge is 0.480 e. The second-order valence-electron chi connectivity index (χ2n) is 9.07. The van der Waals surface area contributed by atoms with Gasteiger partial charge in [-0.3, -0.25) is 14.4 Å². The molecule has 0 aliphatic rings. The molecule has 0 bridgehead atoms. The maximum Gasteiger partial charge on any atom is 0.326 e. The Morgan fingerprint density at radius 3 is 2.03 bits per heavy atom. The molecule has 0 saturated carbocycles. The van der Waals surface area contributed by atoms with Gasteiger partial charge in [-0.15, -0.1) is 0 Å². The van der Waals surface area contributed by atoms with Crippen LogP contribution < -0.4 is 27.4 Å². The molecule has 1 aromatic carbocycles. The van der Waals surface area contributed by atoms with Crippen molar-refractivity contribution in [3.8, 4) is 0 Å². The van der Waals surface area contributed by atoms with Crippen molar-refractivity contribution in [2.45, 2.75) is 83.1 Å². The Hall–Kier alpha value is -3.02. The average Bonchev–Trinajstić information content (AvgIpc) is 2.85. The number of nitrogens with one attached hydrogen (secondary N) is 3. The van der Waals surface area contributed by atoms with E-state index in [0.29, 0.717) is 25.8 Å². The first-order valence-electron chi connectivity index (χ1n) is 12.3. The number of carboxylic acid groups (broad SMARTS) is 1. The van der Waals surface area contributed by atoms with Crippen LogP contribution in [-0.4, -0.2) is 70.7 Å². The van der Waals surface area contributed by atoms with Gasteiger partial charge in [-0.05, 0) is 44.2 Å². The number of nitrogens with two attached hydrogens (primary N) is 2. The first-order valence-corrected chi connectivity index (χ1v) is 12.3. The van der Waals surface area contributed by atoms with Crippen LogP contribution in [0.4, 0.5) is 0 Å². The number of aliphatic carboxylic acids is 1. The van der Waals surface area contributed by atoms with Crippen molar-refractivity contribution in [3.05, 3.63) is 35.9 Å². The van der Waals surface area contributed by atoms with Crippen LogP contribution >= 0.6 is 0 Å². The van der Waals surface area contributed by atoms with E-state index in [-0.39, 0.29) is 18.8 Å². The number of carbonyl (C=O) groups is 4. The van der Waals surface area contributed by atoms with Gasteiger partial charge in [0.2, 0.25) is 17.7 Å².